The van der Waals surface area contributed by atoms with Gasteiger partial charge >= 0.3 is 6.18 Å². The van der Waals surface area contributed by atoms with E-state index >= 15 is 0 Å². The van der Waals surface area contributed by atoms with E-state index in [0.29, 0.717) is 17.1 Å². The summed E-state index contributed by atoms with van der Waals surface area (Å²) >= 11 is 0. The van der Waals surface area contributed by atoms with Crippen LogP contribution in [0.1, 0.15) is 17.0 Å². The number of aryl methyl sites for hydroxylation is 1. The normalized spacial score (nSPS) is 11.8. The van der Waals surface area contributed by atoms with Crippen LogP contribution in [0.15, 0.2) is 24.3 Å². The monoisotopic (exact) mass is 256 g/mol. The number of nitrogens with zero attached hydrogens (tertiary/aromatic N) is 3. The Labute approximate surface area is 101 Å². The quantitative estimate of drug-likeness (QED) is 0.894. The van der Waals surface area contributed by atoms with Gasteiger partial charge in [0.1, 0.15) is 0 Å². The Morgan fingerprint density at radius 1 is 1.17 bits per heavy atom. The molecule has 0 fully saturated rings. The highest BCUT2D eigenvalue weighted by Gasteiger charge is 2.30. The van der Waals surface area contributed by atoms with Gasteiger partial charge in [-0.15, -0.1) is 0 Å². The molecule has 7 heteroatoms. The topological polar surface area (TPSA) is 56.7 Å². The Morgan fingerprint density at radius 2 is 1.78 bits per heavy atom. The maximum absolute atomic E-state index is 12.4. The van der Waals surface area contributed by atoms with E-state index in [1.54, 1.807) is 6.92 Å². The van der Waals surface area contributed by atoms with Crippen molar-refractivity contribution >= 4 is 0 Å². The number of alkyl halides is 3. The summed E-state index contributed by atoms with van der Waals surface area (Å²) in [7, 11) is 0. The van der Waals surface area contributed by atoms with Crippen LogP contribution in [0, 0.1) is 6.92 Å². The van der Waals surface area contributed by atoms with E-state index in [1.807, 2.05) is 0 Å². The summed E-state index contributed by atoms with van der Waals surface area (Å²) in [6.45, 7) is 1.99. The van der Waals surface area contributed by atoms with E-state index in [0.717, 1.165) is 12.1 Å². The Hall–Kier alpha value is -1.89. The highest BCUT2D eigenvalue weighted by Crippen LogP contribution is 2.29. The number of rotatable bonds is 2. The number of nitrogens with two attached hydrogens (primary N) is 1. The average molecular weight is 256 g/mol. The summed E-state index contributed by atoms with van der Waals surface area (Å²) in [6, 6.07) is 4.64. The second-order valence-electron chi connectivity index (χ2n) is 3.77. The first-order valence-corrected chi connectivity index (χ1v) is 5.22. The molecule has 0 saturated carbocycles. The van der Waals surface area contributed by atoms with Gasteiger partial charge in [-0.25, -0.2) is 0 Å². The lowest BCUT2D eigenvalue weighted by atomic mass is 10.2. The first kappa shape index (κ1) is 12.6. The number of hydrogen-bond donors (Lipinski definition) is 1. The minimum Gasteiger partial charge on any atom is -0.325 e. The van der Waals surface area contributed by atoms with Gasteiger partial charge in [-0.05, 0) is 31.2 Å². The Bertz CT molecular complexity index is 542. The molecule has 1 aromatic heterocycles. The zero-order chi connectivity index (χ0) is 13.3. The third-order valence-corrected chi connectivity index (χ3v) is 2.50. The fourth-order valence-electron chi connectivity index (χ4n) is 1.50. The summed E-state index contributed by atoms with van der Waals surface area (Å²) in [5, 5.41) is 8.18. The highest BCUT2D eigenvalue weighted by atomic mass is 19.4. The van der Waals surface area contributed by atoms with Crippen molar-refractivity contribution in [3.8, 4) is 5.69 Å². The van der Waals surface area contributed by atoms with E-state index in [2.05, 4.69) is 10.2 Å². The van der Waals surface area contributed by atoms with Gasteiger partial charge in [0.25, 0.3) is 0 Å². The molecule has 18 heavy (non-hydrogen) atoms. The molecule has 2 rings (SSSR count). The largest absolute Gasteiger partial charge is 0.416 e. The molecular formula is C11H11F3N4. The molecule has 0 bridgehead atoms. The van der Waals surface area contributed by atoms with Crippen LogP contribution in [-0.4, -0.2) is 15.0 Å². The molecule has 0 aliphatic heterocycles. The maximum atomic E-state index is 12.4. The second-order valence-corrected chi connectivity index (χ2v) is 3.77. The fourth-order valence-corrected chi connectivity index (χ4v) is 1.50. The summed E-state index contributed by atoms with van der Waals surface area (Å²) in [5.41, 5.74) is 6.51. The highest BCUT2D eigenvalue weighted by molar-refractivity contribution is 5.34. The molecule has 1 aromatic carbocycles. The van der Waals surface area contributed by atoms with Crippen molar-refractivity contribution in [3.05, 3.63) is 41.2 Å². The van der Waals surface area contributed by atoms with E-state index in [9.17, 15) is 13.2 Å². The lowest BCUT2D eigenvalue weighted by molar-refractivity contribution is -0.137. The SMILES string of the molecule is Cc1nn(-c2ccc(C(F)(F)F)cc2)nc1CN. The molecule has 0 aliphatic carbocycles. The number of benzene rings is 1. The zero-order valence-electron chi connectivity index (χ0n) is 9.57. The number of halogens is 3. The van der Waals surface area contributed by atoms with Crippen LogP contribution in [0.3, 0.4) is 0 Å². The molecule has 0 amide bonds. The molecule has 0 saturated heterocycles. The third-order valence-electron chi connectivity index (χ3n) is 2.50. The predicted octanol–water partition coefficient (Wildman–Crippen LogP) is 2.05. The predicted molar refractivity (Wildman–Crippen MR) is 59.0 cm³/mol. The fraction of sp³-hybridized carbons (Fsp3) is 0.273. The lowest BCUT2D eigenvalue weighted by Crippen LogP contribution is -2.06. The Kier molecular flexibility index (Phi) is 3.08. The molecule has 1 heterocycles. The lowest BCUT2D eigenvalue weighted by Gasteiger charge is -2.06. The molecule has 0 aliphatic rings. The molecule has 4 nitrogen and oxygen atoms in total. The second kappa shape index (κ2) is 4.41. The van der Waals surface area contributed by atoms with Gasteiger partial charge < -0.3 is 5.73 Å². The number of aromatic nitrogens is 3. The maximum Gasteiger partial charge on any atom is 0.416 e. The van der Waals surface area contributed by atoms with Crippen LogP contribution in [0.4, 0.5) is 13.2 Å². The van der Waals surface area contributed by atoms with Gasteiger partial charge in [0.15, 0.2) is 0 Å². The minimum absolute atomic E-state index is 0.243. The van der Waals surface area contributed by atoms with Crippen LogP contribution in [0.2, 0.25) is 0 Å². The summed E-state index contributed by atoms with van der Waals surface area (Å²) in [6.07, 6.45) is -4.34. The van der Waals surface area contributed by atoms with Crippen LogP contribution >= 0.6 is 0 Å². The summed E-state index contributed by atoms with van der Waals surface area (Å²) < 4.78 is 37.2. The van der Waals surface area contributed by atoms with Crippen molar-refractivity contribution in [3.63, 3.8) is 0 Å². The van der Waals surface area contributed by atoms with Crippen LogP contribution < -0.4 is 5.73 Å². The van der Waals surface area contributed by atoms with Gasteiger partial charge in [0.2, 0.25) is 0 Å². The van der Waals surface area contributed by atoms with Crippen LogP contribution in [-0.2, 0) is 12.7 Å². The van der Waals surface area contributed by atoms with E-state index in [-0.39, 0.29) is 6.54 Å². The van der Waals surface area contributed by atoms with Gasteiger partial charge in [0, 0.05) is 6.54 Å². The van der Waals surface area contributed by atoms with Crippen molar-refractivity contribution in [1.29, 1.82) is 0 Å². The summed E-state index contributed by atoms with van der Waals surface area (Å²) in [5.74, 6) is 0. The van der Waals surface area contributed by atoms with Crippen molar-refractivity contribution in [2.45, 2.75) is 19.6 Å². The molecule has 0 spiro atoms. The smallest absolute Gasteiger partial charge is 0.325 e. The molecular weight excluding hydrogens is 245 g/mol. The zero-order valence-corrected chi connectivity index (χ0v) is 9.57. The molecule has 0 unspecified atom stereocenters. The standard InChI is InChI=1S/C11H11F3N4/c1-7-10(6-15)17-18(16-7)9-4-2-8(3-5-9)11(12,13)14/h2-5H,6,15H2,1H3. The first-order chi connectivity index (χ1) is 8.41. The van der Waals surface area contributed by atoms with Crippen LogP contribution in [0.25, 0.3) is 5.69 Å². The van der Waals surface area contributed by atoms with Gasteiger partial charge in [-0.1, -0.05) is 0 Å². The van der Waals surface area contributed by atoms with Gasteiger partial charge in [0.05, 0.1) is 22.6 Å². The van der Waals surface area contributed by atoms with E-state index in [1.165, 1.54) is 16.9 Å². The molecule has 2 N–H and O–H groups in total. The molecule has 2 aromatic rings. The van der Waals surface area contributed by atoms with E-state index < -0.39 is 11.7 Å². The van der Waals surface area contributed by atoms with Crippen molar-refractivity contribution < 1.29 is 13.2 Å². The number of hydrogen-bond acceptors (Lipinski definition) is 3. The van der Waals surface area contributed by atoms with E-state index in [4.69, 9.17) is 5.73 Å². The molecule has 0 radical (unpaired) electrons. The third kappa shape index (κ3) is 2.35. The van der Waals surface area contributed by atoms with Crippen molar-refractivity contribution in [2.75, 3.05) is 0 Å². The van der Waals surface area contributed by atoms with Crippen LogP contribution in [0.5, 0.6) is 0 Å². The van der Waals surface area contributed by atoms with Gasteiger partial charge in [-0.3, -0.25) is 0 Å². The Balaban J connectivity index is 2.34. The minimum atomic E-state index is -4.34. The van der Waals surface area contributed by atoms with Crippen molar-refractivity contribution in [2.24, 2.45) is 5.73 Å². The summed E-state index contributed by atoms with van der Waals surface area (Å²) in [4.78, 5) is 1.28. The molecule has 96 valence electrons. The Morgan fingerprint density at radius 3 is 2.22 bits per heavy atom. The van der Waals surface area contributed by atoms with Gasteiger partial charge in [-0.2, -0.15) is 28.2 Å². The first-order valence-electron chi connectivity index (χ1n) is 5.22. The van der Waals surface area contributed by atoms with Crippen molar-refractivity contribution in [1.82, 2.24) is 15.0 Å². The average Bonchev–Trinajstić information content (AvgIpc) is 2.69. The molecule has 0 atom stereocenters.